The number of aldehydes is 1. The van der Waals surface area contributed by atoms with E-state index in [2.05, 4.69) is 32.0 Å². The molecule has 5 rings (SSSR count). The van der Waals surface area contributed by atoms with Gasteiger partial charge in [-0.2, -0.15) is 0 Å². The summed E-state index contributed by atoms with van der Waals surface area (Å²) >= 11 is 0. The third-order valence-corrected chi connectivity index (χ3v) is 9.46. The molecule has 33 heavy (non-hydrogen) atoms. The summed E-state index contributed by atoms with van der Waals surface area (Å²) in [6.07, 6.45) is 7.86. The SMILES string of the molecule is [3H]POc1ccc2c(c1)CC(C)C1C2CCC2(C)C1CC[C@@H]2CCOc1ccc(C=O)c(O)c1. The summed E-state index contributed by atoms with van der Waals surface area (Å²) in [6.45, 7) is 5.61. The van der Waals surface area contributed by atoms with E-state index >= 15 is 0 Å². The Bertz CT molecular complexity index is 1060. The molecule has 2 aromatic carbocycles. The van der Waals surface area contributed by atoms with E-state index in [-0.39, 0.29) is 15.2 Å². The monoisotopic (exact) mass is 468 g/mol. The number of ether oxygens (including phenoxy) is 1. The molecule has 1 N–H and O–H groups in total. The van der Waals surface area contributed by atoms with Gasteiger partial charge in [-0.15, -0.1) is 0 Å². The van der Waals surface area contributed by atoms with Crippen LogP contribution in [0, 0.1) is 29.1 Å². The highest BCUT2D eigenvalue weighted by molar-refractivity contribution is 7.10. The highest BCUT2D eigenvalue weighted by Gasteiger charge is 2.55. The van der Waals surface area contributed by atoms with E-state index in [0.29, 0.717) is 47.4 Å². The van der Waals surface area contributed by atoms with Crippen molar-refractivity contribution in [1.82, 2.24) is 0 Å². The standard InChI is InChI=1S/C28H35O4P/c1-17-13-19-14-22(32-33)6-7-23(19)24-9-11-28(2)20(4-8-25(28)27(17)24)10-12-31-21-5-3-18(16-29)26(30)15-21/h3,5-7,14-17,20,24-25,27,30H,4,8-13,33H2,1-2H3/t17?,20-,24?,25?,27?,28?/m1/s1/i33T/t17?,20-,24?,25?,27?,28?,33?. The van der Waals surface area contributed by atoms with Gasteiger partial charge in [-0.1, -0.05) is 19.9 Å². The smallest absolute Gasteiger partial charge is 0.153 e. The quantitative estimate of drug-likeness (QED) is 0.369. The Labute approximate surface area is 200 Å². The Hall–Kier alpha value is -2.06. The molecule has 2 fully saturated rings. The van der Waals surface area contributed by atoms with E-state index in [0.717, 1.165) is 30.4 Å². The third-order valence-electron chi connectivity index (χ3n) is 9.22. The van der Waals surface area contributed by atoms with Crippen molar-refractivity contribution in [3.05, 3.63) is 53.1 Å². The molecule has 0 aliphatic heterocycles. The van der Waals surface area contributed by atoms with E-state index in [1.54, 1.807) is 12.1 Å². The minimum atomic E-state index is -0.261. The van der Waals surface area contributed by atoms with E-state index in [1.165, 1.54) is 42.9 Å². The highest BCUT2D eigenvalue weighted by atomic mass is 31.0. The lowest BCUT2D eigenvalue weighted by molar-refractivity contribution is 0.000928. The van der Waals surface area contributed by atoms with Crippen molar-refractivity contribution >= 4 is 15.7 Å². The van der Waals surface area contributed by atoms with Gasteiger partial charge in [-0.3, -0.25) is 4.79 Å². The van der Waals surface area contributed by atoms with Gasteiger partial charge < -0.3 is 14.4 Å². The van der Waals surface area contributed by atoms with E-state index < -0.39 is 0 Å². The molecule has 2 aromatic rings. The van der Waals surface area contributed by atoms with Gasteiger partial charge in [-0.05, 0) is 109 Å². The molecule has 0 spiro atoms. The normalized spacial score (nSPS) is 33.2. The number of hydrogen-bond donors (Lipinski definition) is 1. The number of fused-ring (bicyclic) bond motifs is 5. The maximum atomic E-state index is 10.9. The van der Waals surface area contributed by atoms with Gasteiger partial charge in [0.25, 0.3) is 0 Å². The second kappa shape index (κ2) is 8.95. The maximum Gasteiger partial charge on any atom is 0.153 e. The maximum absolute atomic E-state index is 10.9. The molecular formula is C28H35O4P. The number of hydrogen-bond acceptors (Lipinski definition) is 4. The van der Waals surface area contributed by atoms with Crippen molar-refractivity contribution in [2.24, 2.45) is 29.1 Å². The van der Waals surface area contributed by atoms with Crippen LogP contribution in [0.1, 0.15) is 73.4 Å². The first-order chi connectivity index (χ1) is 16.4. The second-order valence-electron chi connectivity index (χ2n) is 10.7. The fourth-order valence-electron chi connectivity index (χ4n) is 7.63. The molecule has 3 aliphatic rings. The van der Waals surface area contributed by atoms with Gasteiger partial charge in [0.05, 0.1) is 22.9 Å². The number of carbonyl (C=O) groups is 1. The van der Waals surface area contributed by atoms with E-state index in [1.807, 2.05) is 0 Å². The molecule has 5 heteroatoms. The Morgan fingerprint density at radius 1 is 1.21 bits per heavy atom. The van der Waals surface area contributed by atoms with Crippen LogP contribution < -0.4 is 9.26 Å². The molecule has 2 saturated carbocycles. The summed E-state index contributed by atoms with van der Waals surface area (Å²) < 4.78 is 18.8. The lowest BCUT2D eigenvalue weighted by Gasteiger charge is -2.53. The van der Waals surface area contributed by atoms with Crippen LogP contribution in [0.5, 0.6) is 17.2 Å². The Kier molecular flexibility index (Phi) is 5.82. The molecular weight excluding hydrogens is 431 g/mol. The molecule has 0 saturated heterocycles. The number of carbonyl (C=O) groups excluding carboxylic acids is 1. The molecule has 176 valence electrons. The van der Waals surface area contributed by atoms with Gasteiger partial charge in [0.1, 0.15) is 17.2 Å². The van der Waals surface area contributed by atoms with Crippen LogP contribution in [0.15, 0.2) is 36.4 Å². The summed E-state index contributed by atoms with van der Waals surface area (Å²) in [4.78, 5) is 10.9. The minimum Gasteiger partial charge on any atom is -0.507 e. The zero-order valence-corrected chi connectivity index (χ0v) is 20.5. The first kappa shape index (κ1) is 21.5. The Morgan fingerprint density at radius 2 is 2.06 bits per heavy atom. The number of phenols is 1. The molecule has 0 heterocycles. The fourth-order valence-corrected chi connectivity index (χ4v) is 7.76. The van der Waals surface area contributed by atoms with E-state index in [9.17, 15) is 9.90 Å². The summed E-state index contributed by atoms with van der Waals surface area (Å²) in [5.74, 6) is 4.87. The molecule has 0 amide bonds. The van der Waals surface area contributed by atoms with Gasteiger partial charge >= 0.3 is 0 Å². The van der Waals surface area contributed by atoms with Crippen LogP contribution >= 0.6 is 9.41 Å². The number of aromatic hydroxyl groups is 1. The molecule has 7 atom stereocenters. The Morgan fingerprint density at radius 3 is 2.85 bits per heavy atom. The highest BCUT2D eigenvalue weighted by Crippen LogP contribution is 2.64. The van der Waals surface area contributed by atoms with Crippen LogP contribution in [-0.4, -0.2) is 19.3 Å². The first-order valence-corrected chi connectivity index (χ1v) is 12.7. The Balaban J connectivity index is 1.27. The van der Waals surface area contributed by atoms with Crippen molar-refractivity contribution in [2.75, 3.05) is 6.61 Å². The summed E-state index contributed by atoms with van der Waals surface area (Å²) in [5.41, 5.74) is 3.60. The zero-order chi connectivity index (χ0) is 23.9. The molecule has 0 radical (unpaired) electrons. The van der Waals surface area contributed by atoms with Gasteiger partial charge in [0.2, 0.25) is 0 Å². The van der Waals surface area contributed by atoms with Crippen LogP contribution in [0.3, 0.4) is 0 Å². The van der Waals surface area contributed by atoms with Crippen molar-refractivity contribution < 1.29 is 19.2 Å². The van der Waals surface area contributed by atoms with Crippen molar-refractivity contribution in [3.63, 3.8) is 0 Å². The second-order valence-corrected chi connectivity index (χ2v) is 10.9. The average molecular weight is 469 g/mol. The van der Waals surface area contributed by atoms with Crippen LogP contribution in [0.2, 0.25) is 0 Å². The van der Waals surface area contributed by atoms with Crippen LogP contribution in [0.4, 0.5) is 0 Å². The van der Waals surface area contributed by atoms with E-state index in [4.69, 9.17) is 10.5 Å². The summed E-state index contributed by atoms with van der Waals surface area (Å²) in [6, 6.07) is 11.4. The molecule has 4 nitrogen and oxygen atoms in total. The lowest BCUT2D eigenvalue weighted by Crippen LogP contribution is -2.45. The van der Waals surface area contributed by atoms with Crippen molar-refractivity contribution in [1.29, 1.82) is 1.28 Å². The lowest BCUT2D eigenvalue weighted by atomic mass is 9.51. The predicted molar refractivity (Wildman–Crippen MR) is 133 cm³/mol. The van der Waals surface area contributed by atoms with Crippen molar-refractivity contribution in [3.8, 4) is 17.2 Å². The van der Waals surface area contributed by atoms with Crippen LogP contribution in [0.25, 0.3) is 0 Å². The van der Waals surface area contributed by atoms with Crippen molar-refractivity contribution in [2.45, 2.75) is 58.3 Å². The molecule has 0 bridgehead atoms. The first-order valence-electron chi connectivity index (χ1n) is 12.8. The minimum absolute atomic E-state index is 0.0240. The molecule has 0 aromatic heterocycles. The molecule has 3 aliphatic carbocycles. The number of phenolic OH excluding ortho intramolecular Hbond substituents is 1. The number of benzene rings is 2. The largest absolute Gasteiger partial charge is 0.507 e. The molecule has 6 unspecified atom stereocenters. The fraction of sp³-hybridized carbons (Fsp3) is 0.536. The zero-order valence-electron chi connectivity index (χ0n) is 20.5. The van der Waals surface area contributed by atoms with Crippen LogP contribution in [-0.2, 0) is 6.42 Å². The third kappa shape index (κ3) is 3.95. The topological polar surface area (TPSA) is 55.8 Å². The van der Waals surface area contributed by atoms with Gasteiger partial charge in [-0.25, -0.2) is 0 Å². The average Bonchev–Trinajstić information content (AvgIpc) is 3.15. The number of rotatable bonds is 7. The predicted octanol–water partition coefficient (Wildman–Crippen LogP) is 6.56. The summed E-state index contributed by atoms with van der Waals surface area (Å²) in [5, 5.41) is 9.92. The van der Waals surface area contributed by atoms with Gasteiger partial charge in [0.15, 0.2) is 6.29 Å². The van der Waals surface area contributed by atoms with Gasteiger partial charge in [0, 0.05) is 6.07 Å². The summed E-state index contributed by atoms with van der Waals surface area (Å²) in [7, 11) is -0.261.